The van der Waals surface area contributed by atoms with Gasteiger partial charge in [0.1, 0.15) is 6.61 Å². The highest BCUT2D eigenvalue weighted by atomic mass is 79.9. The Kier molecular flexibility index (Phi) is 4.38. The van der Waals surface area contributed by atoms with Gasteiger partial charge in [0, 0.05) is 5.02 Å². The first-order valence-electron chi connectivity index (χ1n) is 5.13. The van der Waals surface area contributed by atoms with Crippen LogP contribution in [0, 0.1) is 0 Å². The summed E-state index contributed by atoms with van der Waals surface area (Å²) < 4.78 is 11.2. The molecule has 0 aliphatic rings. The van der Waals surface area contributed by atoms with E-state index in [-0.39, 0.29) is 6.01 Å². The molecule has 0 unspecified atom stereocenters. The zero-order valence-electron chi connectivity index (χ0n) is 9.56. The highest BCUT2D eigenvalue weighted by Gasteiger charge is 2.06. The third kappa shape index (κ3) is 3.34. The van der Waals surface area contributed by atoms with Gasteiger partial charge < -0.3 is 9.47 Å². The molecule has 0 saturated heterocycles. The lowest BCUT2D eigenvalue weighted by Gasteiger charge is -2.06. The summed E-state index contributed by atoms with van der Waals surface area (Å²) in [6, 6.07) is 7.68. The maximum Gasteiger partial charge on any atom is 0.320 e. The summed E-state index contributed by atoms with van der Waals surface area (Å²) in [4.78, 5) is 8.12. The minimum absolute atomic E-state index is 0.259. The van der Waals surface area contributed by atoms with Gasteiger partial charge in [0.05, 0.1) is 17.8 Å². The average Bonchev–Trinajstić information content (AvgIpc) is 2.38. The summed E-state index contributed by atoms with van der Waals surface area (Å²) in [6.07, 6.45) is 1.58. The molecule has 0 radical (unpaired) electrons. The molecule has 1 aromatic carbocycles. The largest absolute Gasteiger partial charge is 0.480 e. The summed E-state index contributed by atoms with van der Waals surface area (Å²) in [5.74, 6) is 0.436. The topological polar surface area (TPSA) is 44.2 Å². The fourth-order valence-corrected chi connectivity index (χ4v) is 1.89. The van der Waals surface area contributed by atoms with E-state index in [9.17, 15) is 0 Å². The lowest BCUT2D eigenvalue weighted by Crippen LogP contribution is -2.01. The van der Waals surface area contributed by atoms with Crippen LogP contribution in [-0.2, 0) is 6.61 Å². The van der Waals surface area contributed by atoms with Gasteiger partial charge in [-0.05, 0) is 33.6 Å². The number of aromatic nitrogens is 2. The highest BCUT2D eigenvalue weighted by molar-refractivity contribution is 9.10. The molecule has 18 heavy (non-hydrogen) atoms. The summed E-state index contributed by atoms with van der Waals surface area (Å²) in [6.45, 7) is 0.353. The number of nitrogens with zero attached hydrogens (tertiary/aromatic N) is 2. The van der Waals surface area contributed by atoms with E-state index in [0.717, 1.165) is 5.56 Å². The molecule has 1 heterocycles. The van der Waals surface area contributed by atoms with E-state index < -0.39 is 0 Å². The smallest absolute Gasteiger partial charge is 0.320 e. The Bertz CT molecular complexity index is 551. The van der Waals surface area contributed by atoms with E-state index in [0.29, 0.717) is 22.0 Å². The van der Waals surface area contributed by atoms with E-state index in [2.05, 4.69) is 25.9 Å². The molecule has 0 aliphatic carbocycles. The Balaban J connectivity index is 2.06. The average molecular weight is 330 g/mol. The number of hydrogen-bond donors (Lipinski definition) is 0. The maximum absolute atomic E-state index is 5.88. The third-order valence-corrected chi connectivity index (χ3v) is 2.92. The Labute approximate surface area is 118 Å². The van der Waals surface area contributed by atoms with Crippen LogP contribution in [0.3, 0.4) is 0 Å². The van der Waals surface area contributed by atoms with Gasteiger partial charge in [0.25, 0.3) is 0 Å². The number of methoxy groups -OCH3 is 1. The minimum atomic E-state index is 0.259. The number of hydrogen-bond acceptors (Lipinski definition) is 4. The molecule has 94 valence electrons. The first-order chi connectivity index (χ1) is 8.69. The molecule has 0 amide bonds. The molecular weight excluding hydrogens is 320 g/mol. The van der Waals surface area contributed by atoms with Crippen LogP contribution in [0.5, 0.6) is 11.9 Å². The number of ether oxygens (including phenoxy) is 2. The van der Waals surface area contributed by atoms with Crippen LogP contribution in [0.1, 0.15) is 5.56 Å². The van der Waals surface area contributed by atoms with Crippen molar-refractivity contribution in [1.82, 2.24) is 9.97 Å². The summed E-state index contributed by atoms with van der Waals surface area (Å²) in [5.41, 5.74) is 0.952. The second-order valence-corrected chi connectivity index (χ2v) is 4.72. The lowest BCUT2D eigenvalue weighted by molar-refractivity contribution is 0.273. The van der Waals surface area contributed by atoms with Crippen LogP contribution in [0.2, 0.25) is 5.02 Å². The van der Waals surface area contributed by atoms with Crippen molar-refractivity contribution in [2.45, 2.75) is 6.61 Å². The van der Waals surface area contributed by atoms with Crippen molar-refractivity contribution < 1.29 is 9.47 Å². The summed E-state index contributed by atoms with van der Waals surface area (Å²) in [5, 5.41) is 0.672. The fourth-order valence-electron chi connectivity index (χ4n) is 1.32. The van der Waals surface area contributed by atoms with Crippen LogP contribution in [0.25, 0.3) is 0 Å². The van der Waals surface area contributed by atoms with Crippen LogP contribution < -0.4 is 9.47 Å². The predicted molar refractivity (Wildman–Crippen MR) is 72.1 cm³/mol. The van der Waals surface area contributed by atoms with Crippen LogP contribution in [-0.4, -0.2) is 17.1 Å². The van der Waals surface area contributed by atoms with Gasteiger partial charge in [-0.3, -0.25) is 0 Å². The van der Waals surface area contributed by atoms with Gasteiger partial charge in [-0.15, -0.1) is 0 Å². The second-order valence-electron chi connectivity index (χ2n) is 3.43. The van der Waals surface area contributed by atoms with Crippen molar-refractivity contribution in [2.24, 2.45) is 0 Å². The molecule has 1 aromatic heterocycles. The number of rotatable bonds is 4. The van der Waals surface area contributed by atoms with E-state index in [1.807, 2.05) is 24.3 Å². The maximum atomic E-state index is 5.88. The number of benzene rings is 1. The highest BCUT2D eigenvalue weighted by Crippen LogP contribution is 2.23. The van der Waals surface area contributed by atoms with Crippen LogP contribution in [0.4, 0.5) is 0 Å². The van der Waals surface area contributed by atoms with E-state index in [1.54, 1.807) is 6.20 Å². The van der Waals surface area contributed by atoms with E-state index in [1.165, 1.54) is 7.11 Å². The zero-order chi connectivity index (χ0) is 13.0. The first kappa shape index (κ1) is 13.1. The second kappa shape index (κ2) is 6.02. The third-order valence-electron chi connectivity index (χ3n) is 2.14. The fraction of sp³-hybridized carbons (Fsp3) is 0.167. The summed E-state index contributed by atoms with van der Waals surface area (Å²) in [7, 11) is 1.54. The Morgan fingerprint density at radius 2 is 2.22 bits per heavy atom. The van der Waals surface area contributed by atoms with Gasteiger partial charge in [-0.1, -0.05) is 23.7 Å². The van der Waals surface area contributed by atoms with Crippen LogP contribution >= 0.6 is 27.5 Å². The molecule has 0 fully saturated rings. The first-order valence-corrected chi connectivity index (χ1v) is 6.30. The van der Waals surface area contributed by atoms with Gasteiger partial charge in [0.15, 0.2) is 0 Å². The molecule has 6 heteroatoms. The van der Waals surface area contributed by atoms with Crippen molar-refractivity contribution in [2.75, 3.05) is 7.11 Å². The Hall–Kier alpha value is -1.33. The molecular formula is C12H10BrClN2O2. The quantitative estimate of drug-likeness (QED) is 0.861. The molecule has 0 atom stereocenters. The van der Waals surface area contributed by atoms with Crippen molar-refractivity contribution in [3.8, 4) is 11.9 Å². The van der Waals surface area contributed by atoms with Gasteiger partial charge in [-0.2, -0.15) is 4.98 Å². The van der Waals surface area contributed by atoms with Gasteiger partial charge in [-0.25, -0.2) is 4.98 Å². The monoisotopic (exact) mass is 328 g/mol. The molecule has 0 saturated carbocycles. The molecule has 0 bridgehead atoms. The van der Waals surface area contributed by atoms with Crippen molar-refractivity contribution >= 4 is 27.5 Å². The van der Waals surface area contributed by atoms with E-state index >= 15 is 0 Å². The molecule has 0 N–H and O–H groups in total. The SMILES string of the molecule is COc1nc(OCc2cccc(Cl)c2)ncc1Br. The Morgan fingerprint density at radius 1 is 1.39 bits per heavy atom. The number of halogens is 2. The zero-order valence-corrected chi connectivity index (χ0v) is 11.9. The van der Waals surface area contributed by atoms with Crippen LogP contribution in [0.15, 0.2) is 34.9 Å². The molecule has 0 aliphatic heterocycles. The normalized spacial score (nSPS) is 10.2. The van der Waals surface area contributed by atoms with Crippen molar-refractivity contribution in [1.29, 1.82) is 0 Å². The van der Waals surface area contributed by atoms with E-state index in [4.69, 9.17) is 21.1 Å². The lowest BCUT2D eigenvalue weighted by atomic mass is 10.2. The Morgan fingerprint density at radius 3 is 2.94 bits per heavy atom. The van der Waals surface area contributed by atoms with Crippen molar-refractivity contribution in [3.63, 3.8) is 0 Å². The molecule has 2 rings (SSSR count). The molecule has 4 nitrogen and oxygen atoms in total. The molecule has 2 aromatic rings. The predicted octanol–water partition coefficient (Wildman–Crippen LogP) is 3.48. The summed E-state index contributed by atoms with van der Waals surface area (Å²) >= 11 is 9.16. The standard InChI is InChI=1S/C12H10BrClN2O2/c1-17-11-10(13)6-15-12(16-11)18-7-8-3-2-4-9(14)5-8/h2-6H,7H2,1H3. The minimum Gasteiger partial charge on any atom is -0.480 e. The molecule has 0 spiro atoms. The van der Waals surface area contributed by atoms with Gasteiger partial charge in [0.2, 0.25) is 5.88 Å². The van der Waals surface area contributed by atoms with Crippen molar-refractivity contribution in [3.05, 3.63) is 45.5 Å². The van der Waals surface area contributed by atoms with Gasteiger partial charge >= 0.3 is 6.01 Å².